The molecular weight excluding hydrogens is 428 g/mol. The van der Waals surface area contributed by atoms with Gasteiger partial charge in [-0.1, -0.05) is 11.8 Å². The number of hydrogen-bond donors (Lipinski definition) is 1. The molecule has 33 heavy (non-hydrogen) atoms. The Morgan fingerprint density at radius 2 is 1.91 bits per heavy atom. The van der Waals surface area contributed by atoms with Crippen LogP contribution in [0.4, 0.5) is 20.5 Å². The number of piperidine rings is 1. The molecule has 1 aromatic heterocycles. The minimum atomic E-state index is -2.62. The van der Waals surface area contributed by atoms with Gasteiger partial charge in [-0.2, -0.15) is 4.98 Å². The van der Waals surface area contributed by atoms with E-state index in [9.17, 15) is 8.78 Å². The minimum absolute atomic E-state index is 0.160. The molecule has 0 atom stereocenters. The Balaban J connectivity index is 1.49. The van der Waals surface area contributed by atoms with Gasteiger partial charge in [0, 0.05) is 31.3 Å². The summed E-state index contributed by atoms with van der Waals surface area (Å²) in [5.41, 5.74) is 1.48. The number of halogens is 2. The summed E-state index contributed by atoms with van der Waals surface area (Å²) in [4.78, 5) is 13.6. The Morgan fingerprint density at radius 1 is 1.15 bits per heavy atom. The highest BCUT2D eigenvalue weighted by molar-refractivity contribution is 5.93. The van der Waals surface area contributed by atoms with E-state index in [0.29, 0.717) is 36.2 Å². The molecule has 0 saturated carbocycles. The Morgan fingerprint density at radius 3 is 2.58 bits per heavy atom. The van der Waals surface area contributed by atoms with Crippen LogP contribution < -0.4 is 15.0 Å². The Kier molecular flexibility index (Phi) is 6.21. The van der Waals surface area contributed by atoms with Gasteiger partial charge in [-0.3, -0.25) is 4.90 Å². The van der Waals surface area contributed by atoms with Crippen molar-refractivity contribution in [1.29, 1.82) is 0 Å². The van der Waals surface area contributed by atoms with E-state index in [4.69, 9.17) is 19.4 Å². The molecule has 9 heteroatoms. The molecule has 4 heterocycles. The summed E-state index contributed by atoms with van der Waals surface area (Å²) in [6, 6.07) is 3.98. The van der Waals surface area contributed by atoms with Crippen molar-refractivity contribution in [1.82, 2.24) is 14.9 Å². The standard InChI is InChI=1S/C24H29F2N5O2/c1-32-21-14-19-20(13-17(21)5-4-10-30-8-2-3-9-30)28-23(29-22(19)27-18-15-33-16-18)31-11-6-24(25,26)7-12-31/h13-14,18H,2-3,6-12,15-16H2,1H3,(H,27,28,29). The molecule has 7 nitrogen and oxygen atoms in total. The zero-order chi connectivity index (χ0) is 22.8. The Hall–Kier alpha value is -2.70. The van der Waals surface area contributed by atoms with Crippen LogP contribution >= 0.6 is 0 Å². The number of hydrogen-bond acceptors (Lipinski definition) is 7. The lowest BCUT2D eigenvalue weighted by atomic mass is 10.1. The fourth-order valence-electron chi connectivity index (χ4n) is 4.40. The van der Waals surface area contributed by atoms with Gasteiger partial charge in [0.25, 0.3) is 5.92 Å². The van der Waals surface area contributed by atoms with Crippen LogP contribution in [0.5, 0.6) is 5.75 Å². The minimum Gasteiger partial charge on any atom is -0.495 e. The van der Waals surface area contributed by atoms with Gasteiger partial charge >= 0.3 is 0 Å². The van der Waals surface area contributed by atoms with Gasteiger partial charge in [0.05, 0.1) is 44.0 Å². The fourth-order valence-corrected chi connectivity index (χ4v) is 4.40. The summed E-state index contributed by atoms with van der Waals surface area (Å²) < 4.78 is 38.3. The van der Waals surface area contributed by atoms with E-state index in [-0.39, 0.29) is 32.0 Å². The van der Waals surface area contributed by atoms with E-state index in [1.807, 2.05) is 17.0 Å². The molecule has 3 fully saturated rings. The van der Waals surface area contributed by atoms with Crippen molar-refractivity contribution in [2.45, 2.75) is 37.6 Å². The normalized spacial score (nSPS) is 20.9. The molecule has 0 amide bonds. The summed E-state index contributed by atoms with van der Waals surface area (Å²) in [5.74, 6) is 5.67. The lowest BCUT2D eigenvalue weighted by Crippen LogP contribution is -2.41. The van der Waals surface area contributed by atoms with Crippen LogP contribution in [0, 0.1) is 11.8 Å². The molecular formula is C24H29F2N5O2. The summed E-state index contributed by atoms with van der Waals surface area (Å²) >= 11 is 0. The topological polar surface area (TPSA) is 62.8 Å². The van der Waals surface area contributed by atoms with Crippen LogP contribution in [0.1, 0.15) is 31.2 Å². The molecule has 176 valence electrons. The second kappa shape index (κ2) is 9.27. The lowest BCUT2D eigenvalue weighted by Gasteiger charge is -2.32. The first-order chi connectivity index (χ1) is 16.0. The highest BCUT2D eigenvalue weighted by Crippen LogP contribution is 2.34. The largest absolute Gasteiger partial charge is 0.495 e. The van der Waals surface area contributed by atoms with E-state index in [2.05, 4.69) is 22.1 Å². The SMILES string of the molecule is COc1cc2c(NC3COC3)nc(N3CCC(F)(F)CC3)nc2cc1C#CCN1CCCC1. The second-order valence-electron chi connectivity index (χ2n) is 8.95. The average molecular weight is 458 g/mol. The Labute approximate surface area is 192 Å². The van der Waals surface area contributed by atoms with Crippen molar-refractivity contribution < 1.29 is 18.3 Å². The number of methoxy groups -OCH3 is 1. The predicted molar refractivity (Wildman–Crippen MR) is 123 cm³/mol. The van der Waals surface area contributed by atoms with Crippen molar-refractivity contribution in [3.8, 4) is 17.6 Å². The predicted octanol–water partition coefficient (Wildman–Crippen LogP) is 3.13. The number of anilines is 2. The first kappa shape index (κ1) is 22.1. The monoisotopic (exact) mass is 457 g/mol. The molecule has 1 aromatic carbocycles. The molecule has 3 aliphatic heterocycles. The van der Waals surface area contributed by atoms with Crippen LogP contribution in [-0.4, -0.2) is 79.9 Å². The van der Waals surface area contributed by atoms with Gasteiger partial charge in [-0.05, 0) is 38.1 Å². The number of aromatic nitrogens is 2. The highest BCUT2D eigenvalue weighted by Gasteiger charge is 2.35. The van der Waals surface area contributed by atoms with Crippen molar-refractivity contribution in [3.63, 3.8) is 0 Å². The number of ether oxygens (including phenoxy) is 2. The molecule has 0 aliphatic carbocycles. The van der Waals surface area contributed by atoms with Crippen LogP contribution in [0.25, 0.3) is 10.9 Å². The third-order valence-electron chi connectivity index (χ3n) is 6.49. The van der Waals surface area contributed by atoms with E-state index < -0.39 is 5.92 Å². The number of likely N-dealkylation sites (tertiary alicyclic amines) is 1. The van der Waals surface area contributed by atoms with E-state index in [0.717, 1.165) is 30.6 Å². The van der Waals surface area contributed by atoms with Crippen LogP contribution in [0.3, 0.4) is 0 Å². The fraction of sp³-hybridized carbons (Fsp3) is 0.583. The first-order valence-corrected chi connectivity index (χ1v) is 11.6. The van der Waals surface area contributed by atoms with E-state index >= 15 is 0 Å². The number of nitrogens with one attached hydrogen (secondary N) is 1. The summed E-state index contributed by atoms with van der Waals surface area (Å²) in [6.07, 6.45) is 2.07. The average Bonchev–Trinajstić information content (AvgIpc) is 3.29. The van der Waals surface area contributed by atoms with Crippen molar-refractivity contribution in [3.05, 3.63) is 17.7 Å². The molecule has 5 rings (SSSR count). The maximum atomic E-state index is 13.7. The van der Waals surface area contributed by atoms with Gasteiger partial charge in [0.2, 0.25) is 5.95 Å². The van der Waals surface area contributed by atoms with E-state index in [1.165, 1.54) is 12.8 Å². The van der Waals surface area contributed by atoms with Crippen molar-refractivity contribution >= 4 is 22.7 Å². The van der Waals surface area contributed by atoms with Gasteiger partial charge in [0.1, 0.15) is 11.6 Å². The number of rotatable bonds is 5. The third-order valence-corrected chi connectivity index (χ3v) is 6.49. The lowest BCUT2D eigenvalue weighted by molar-refractivity contribution is -0.0222. The third kappa shape index (κ3) is 4.97. The van der Waals surface area contributed by atoms with Gasteiger partial charge in [-0.25, -0.2) is 13.8 Å². The zero-order valence-corrected chi connectivity index (χ0v) is 18.9. The maximum absolute atomic E-state index is 13.7. The van der Waals surface area contributed by atoms with E-state index in [1.54, 1.807) is 7.11 Å². The number of benzene rings is 1. The van der Waals surface area contributed by atoms with Gasteiger partial charge in [-0.15, -0.1) is 0 Å². The van der Waals surface area contributed by atoms with Crippen LogP contribution in [0.2, 0.25) is 0 Å². The highest BCUT2D eigenvalue weighted by atomic mass is 19.3. The number of fused-ring (bicyclic) bond motifs is 1. The molecule has 3 aliphatic rings. The second-order valence-corrected chi connectivity index (χ2v) is 8.95. The van der Waals surface area contributed by atoms with Crippen LogP contribution in [-0.2, 0) is 4.74 Å². The summed E-state index contributed by atoms with van der Waals surface area (Å²) in [6.45, 7) is 4.57. The number of nitrogens with zero attached hydrogens (tertiary/aromatic N) is 4. The van der Waals surface area contributed by atoms with Gasteiger partial charge < -0.3 is 19.7 Å². The Bertz CT molecular complexity index is 1060. The molecule has 3 saturated heterocycles. The van der Waals surface area contributed by atoms with Gasteiger partial charge in [0.15, 0.2) is 0 Å². The van der Waals surface area contributed by atoms with Crippen molar-refractivity contribution in [2.75, 3.05) is 63.3 Å². The zero-order valence-electron chi connectivity index (χ0n) is 18.9. The van der Waals surface area contributed by atoms with Crippen molar-refractivity contribution in [2.24, 2.45) is 0 Å². The molecule has 2 aromatic rings. The molecule has 0 spiro atoms. The summed E-state index contributed by atoms with van der Waals surface area (Å²) in [7, 11) is 1.63. The summed E-state index contributed by atoms with van der Waals surface area (Å²) in [5, 5.41) is 4.23. The molecule has 0 bridgehead atoms. The first-order valence-electron chi connectivity index (χ1n) is 11.6. The molecule has 0 unspecified atom stereocenters. The molecule has 0 radical (unpaired) electrons. The quantitative estimate of drug-likeness (QED) is 0.692. The molecule has 1 N–H and O–H groups in total. The smallest absolute Gasteiger partial charge is 0.251 e. The maximum Gasteiger partial charge on any atom is 0.251 e. The van der Waals surface area contributed by atoms with Crippen LogP contribution in [0.15, 0.2) is 12.1 Å². The number of alkyl halides is 2.